The van der Waals surface area contributed by atoms with Crippen LogP contribution in [0.2, 0.25) is 0 Å². The molecule has 1 heterocycles. The van der Waals surface area contributed by atoms with Crippen molar-refractivity contribution < 1.29 is 9.18 Å². The first-order valence-electron chi connectivity index (χ1n) is 6.93. The fraction of sp³-hybridized carbons (Fsp3) is 0.294. The van der Waals surface area contributed by atoms with Gasteiger partial charge in [-0.15, -0.1) is 0 Å². The molecular formula is C17H19FN2O. The Hall–Kier alpha value is -2.23. The highest BCUT2D eigenvalue weighted by atomic mass is 19.1. The Morgan fingerprint density at radius 3 is 2.52 bits per heavy atom. The van der Waals surface area contributed by atoms with Crippen LogP contribution in [0.4, 0.5) is 4.39 Å². The number of hydrogen-bond donors (Lipinski definition) is 0. The molecule has 0 N–H and O–H groups in total. The zero-order valence-electron chi connectivity index (χ0n) is 12.5. The Morgan fingerprint density at radius 2 is 1.95 bits per heavy atom. The lowest BCUT2D eigenvalue weighted by Gasteiger charge is -2.29. The van der Waals surface area contributed by atoms with E-state index in [1.807, 2.05) is 38.1 Å². The maximum absolute atomic E-state index is 13.5. The number of benzene rings is 1. The van der Waals surface area contributed by atoms with Gasteiger partial charge < -0.3 is 4.90 Å². The van der Waals surface area contributed by atoms with Crippen molar-refractivity contribution >= 4 is 5.91 Å². The molecule has 0 spiro atoms. The van der Waals surface area contributed by atoms with Crippen molar-refractivity contribution in [3.05, 3.63) is 65.7 Å². The van der Waals surface area contributed by atoms with Crippen molar-refractivity contribution in [1.82, 2.24) is 9.88 Å². The van der Waals surface area contributed by atoms with Crippen LogP contribution >= 0.6 is 0 Å². The number of nitrogens with zero attached hydrogens (tertiary/aromatic N) is 2. The molecule has 1 atom stereocenters. The van der Waals surface area contributed by atoms with E-state index in [1.165, 1.54) is 12.1 Å². The van der Waals surface area contributed by atoms with Crippen molar-refractivity contribution in [3.63, 3.8) is 0 Å². The standard InChI is InChI=1S/C17H19FN2O/c1-12(2)17(21)20(3)16(15-9-4-5-10-19-15)13-7-6-8-14(18)11-13/h4-12,16H,1-3H3. The number of aromatic nitrogens is 1. The van der Waals surface area contributed by atoms with Crippen LogP contribution in [0.3, 0.4) is 0 Å². The van der Waals surface area contributed by atoms with Gasteiger partial charge in [0.25, 0.3) is 0 Å². The summed E-state index contributed by atoms with van der Waals surface area (Å²) in [5, 5.41) is 0. The number of pyridine rings is 1. The summed E-state index contributed by atoms with van der Waals surface area (Å²) in [6.07, 6.45) is 1.68. The first-order chi connectivity index (χ1) is 10.0. The summed E-state index contributed by atoms with van der Waals surface area (Å²) in [4.78, 5) is 18.3. The summed E-state index contributed by atoms with van der Waals surface area (Å²) in [5.74, 6) is -0.455. The van der Waals surface area contributed by atoms with Gasteiger partial charge in [0.05, 0.1) is 11.7 Å². The van der Waals surface area contributed by atoms with Gasteiger partial charge in [-0.1, -0.05) is 32.0 Å². The third-order valence-corrected chi connectivity index (χ3v) is 3.36. The SMILES string of the molecule is CC(C)C(=O)N(C)C(c1cccc(F)c1)c1ccccn1. The van der Waals surface area contributed by atoms with Crippen molar-refractivity contribution in [2.45, 2.75) is 19.9 Å². The number of rotatable bonds is 4. The van der Waals surface area contributed by atoms with E-state index >= 15 is 0 Å². The van der Waals surface area contributed by atoms with Gasteiger partial charge in [-0.25, -0.2) is 4.39 Å². The Bertz CT molecular complexity index is 613. The van der Waals surface area contributed by atoms with Crippen LogP contribution in [0.1, 0.15) is 31.1 Å². The van der Waals surface area contributed by atoms with Crippen LogP contribution in [0.15, 0.2) is 48.7 Å². The number of halogens is 1. The van der Waals surface area contributed by atoms with E-state index in [2.05, 4.69) is 4.98 Å². The number of carbonyl (C=O) groups excluding carboxylic acids is 1. The van der Waals surface area contributed by atoms with Gasteiger partial charge in [-0.3, -0.25) is 9.78 Å². The Labute approximate surface area is 124 Å². The maximum Gasteiger partial charge on any atom is 0.225 e. The van der Waals surface area contributed by atoms with Gasteiger partial charge in [0.2, 0.25) is 5.91 Å². The molecule has 1 aromatic carbocycles. The molecule has 0 aliphatic heterocycles. The highest BCUT2D eigenvalue weighted by Crippen LogP contribution is 2.27. The third-order valence-electron chi connectivity index (χ3n) is 3.36. The molecule has 0 fully saturated rings. The van der Waals surface area contributed by atoms with Crippen LogP contribution in [0.5, 0.6) is 0 Å². The molecule has 2 aromatic rings. The number of amides is 1. The second-order valence-corrected chi connectivity index (χ2v) is 5.32. The highest BCUT2D eigenvalue weighted by Gasteiger charge is 2.26. The topological polar surface area (TPSA) is 33.2 Å². The normalized spacial score (nSPS) is 12.2. The molecule has 110 valence electrons. The van der Waals surface area contributed by atoms with E-state index in [4.69, 9.17) is 0 Å². The smallest absolute Gasteiger partial charge is 0.225 e. The van der Waals surface area contributed by atoms with Gasteiger partial charge in [0.15, 0.2) is 0 Å². The average Bonchev–Trinajstić information content (AvgIpc) is 2.47. The lowest BCUT2D eigenvalue weighted by Crippen LogP contribution is -2.35. The van der Waals surface area contributed by atoms with Gasteiger partial charge in [-0.2, -0.15) is 0 Å². The monoisotopic (exact) mass is 286 g/mol. The summed E-state index contributed by atoms with van der Waals surface area (Å²) >= 11 is 0. The molecule has 4 heteroatoms. The molecule has 0 aliphatic carbocycles. The van der Waals surface area contributed by atoms with Crippen LogP contribution in [0, 0.1) is 11.7 Å². The zero-order chi connectivity index (χ0) is 15.4. The van der Waals surface area contributed by atoms with Crippen LogP contribution in [-0.2, 0) is 4.79 Å². The van der Waals surface area contributed by atoms with Gasteiger partial charge >= 0.3 is 0 Å². The Balaban J connectivity index is 2.47. The molecular weight excluding hydrogens is 267 g/mol. The molecule has 1 amide bonds. The minimum Gasteiger partial charge on any atom is -0.333 e. The van der Waals surface area contributed by atoms with E-state index in [9.17, 15) is 9.18 Å². The minimum atomic E-state index is -0.392. The number of carbonyl (C=O) groups is 1. The van der Waals surface area contributed by atoms with Crippen LogP contribution in [0.25, 0.3) is 0 Å². The molecule has 21 heavy (non-hydrogen) atoms. The van der Waals surface area contributed by atoms with E-state index in [1.54, 1.807) is 24.2 Å². The lowest BCUT2D eigenvalue weighted by atomic mass is 10.00. The third kappa shape index (κ3) is 3.45. The molecule has 0 saturated carbocycles. The molecule has 1 unspecified atom stereocenters. The van der Waals surface area contributed by atoms with E-state index in [0.717, 1.165) is 5.69 Å². The van der Waals surface area contributed by atoms with Gasteiger partial charge in [-0.05, 0) is 29.8 Å². The van der Waals surface area contributed by atoms with Crippen molar-refractivity contribution in [1.29, 1.82) is 0 Å². The highest BCUT2D eigenvalue weighted by molar-refractivity contribution is 5.78. The fourth-order valence-corrected chi connectivity index (χ4v) is 2.34. The zero-order valence-corrected chi connectivity index (χ0v) is 12.5. The predicted octanol–water partition coefficient (Wildman–Crippen LogP) is 3.42. The van der Waals surface area contributed by atoms with E-state index in [0.29, 0.717) is 5.56 Å². The maximum atomic E-state index is 13.5. The van der Waals surface area contributed by atoms with Crippen LogP contribution < -0.4 is 0 Å². The van der Waals surface area contributed by atoms with E-state index < -0.39 is 6.04 Å². The molecule has 0 aliphatic rings. The molecule has 2 rings (SSSR count). The molecule has 0 radical (unpaired) electrons. The Kier molecular flexibility index (Phi) is 4.68. The summed E-state index contributed by atoms with van der Waals surface area (Å²) in [6, 6.07) is 11.4. The second-order valence-electron chi connectivity index (χ2n) is 5.32. The summed E-state index contributed by atoms with van der Waals surface area (Å²) in [6.45, 7) is 3.69. The average molecular weight is 286 g/mol. The van der Waals surface area contributed by atoms with E-state index in [-0.39, 0.29) is 17.6 Å². The Morgan fingerprint density at radius 1 is 1.19 bits per heavy atom. The van der Waals surface area contributed by atoms with Crippen molar-refractivity contribution in [2.75, 3.05) is 7.05 Å². The molecule has 0 bridgehead atoms. The summed E-state index contributed by atoms with van der Waals surface area (Å²) in [5.41, 5.74) is 1.44. The lowest BCUT2D eigenvalue weighted by molar-refractivity contribution is -0.134. The first-order valence-corrected chi connectivity index (χ1v) is 6.93. The minimum absolute atomic E-state index is 0.00471. The second kappa shape index (κ2) is 6.48. The van der Waals surface area contributed by atoms with Gasteiger partial charge in [0.1, 0.15) is 5.82 Å². The fourth-order valence-electron chi connectivity index (χ4n) is 2.34. The summed E-state index contributed by atoms with van der Waals surface area (Å²) in [7, 11) is 1.73. The van der Waals surface area contributed by atoms with Crippen LogP contribution in [-0.4, -0.2) is 22.8 Å². The molecule has 3 nitrogen and oxygen atoms in total. The quantitative estimate of drug-likeness (QED) is 0.862. The predicted molar refractivity (Wildman–Crippen MR) is 80.1 cm³/mol. The number of hydrogen-bond acceptors (Lipinski definition) is 2. The largest absolute Gasteiger partial charge is 0.333 e. The van der Waals surface area contributed by atoms with Crippen molar-refractivity contribution in [2.24, 2.45) is 5.92 Å². The summed E-state index contributed by atoms with van der Waals surface area (Å²) < 4.78 is 13.5. The molecule has 0 saturated heterocycles. The first kappa shape index (κ1) is 15.2. The van der Waals surface area contributed by atoms with Gasteiger partial charge in [0, 0.05) is 19.2 Å². The van der Waals surface area contributed by atoms with Crippen molar-refractivity contribution in [3.8, 4) is 0 Å². The molecule has 1 aromatic heterocycles.